The van der Waals surface area contributed by atoms with Crippen LogP contribution in [-0.2, 0) is 9.53 Å². The van der Waals surface area contributed by atoms with Gasteiger partial charge in [-0.3, -0.25) is 0 Å². The Labute approximate surface area is 70.2 Å². The second-order valence-electron chi connectivity index (χ2n) is 2.12. The number of esters is 1. The van der Waals surface area contributed by atoms with E-state index in [2.05, 4.69) is 5.32 Å². The zero-order valence-electron chi connectivity index (χ0n) is 6.64. The summed E-state index contributed by atoms with van der Waals surface area (Å²) in [5.74, 6) is 0.537. The van der Waals surface area contributed by atoms with Crippen molar-refractivity contribution in [2.75, 3.05) is 12.5 Å². The van der Waals surface area contributed by atoms with Gasteiger partial charge in [-0.15, -0.1) is 11.8 Å². The lowest BCUT2D eigenvalue weighted by Gasteiger charge is -2.02. The van der Waals surface area contributed by atoms with Crippen LogP contribution >= 0.6 is 11.8 Å². The van der Waals surface area contributed by atoms with Gasteiger partial charge in [-0.1, -0.05) is 0 Å². The maximum absolute atomic E-state index is 11.1. The summed E-state index contributed by atoms with van der Waals surface area (Å²) in [6.07, 6.45) is 0. The molecule has 3 nitrogen and oxygen atoms in total. The van der Waals surface area contributed by atoms with E-state index in [0.29, 0.717) is 12.3 Å². The molecule has 0 bridgehead atoms. The Morgan fingerprint density at radius 1 is 1.82 bits per heavy atom. The van der Waals surface area contributed by atoms with Crippen molar-refractivity contribution in [3.8, 4) is 0 Å². The Morgan fingerprint density at radius 3 is 3.00 bits per heavy atom. The Bertz CT molecular complexity index is 201. The average molecular weight is 173 g/mol. The smallest absolute Gasteiger partial charge is 0.355 e. The first-order valence-corrected chi connectivity index (χ1v) is 4.49. The lowest BCUT2D eigenvalue weighted by Crippen LogP contribution is -2.18. The van der Waals surface area contributed by atoms with Gasteiger partial charge < -0.3 is 10.1 Å². The molecule has 0 unspecified atom stereocenters. The fourth-order valence-electron chi connectivity index (χ4n) is 0.832. The Morgan fingerprint density at radius 2 is 2.55 bits per heavy atom. The molecular weight excluding hydrogens is 162 g/mol. The molecule has 1 aliphatic rings. The van der Waals surface area contributed by atoms with Gasteiger partial charge in [-0.05, 0) is 13.8 Å². The van der Waals surface area contributed by atoms with E-state index in [-0.39, 0.29) is 5.97 Å². The van der Waals surface area contributed by atoms with Gasteiger partial charge in [0, 0.05) is 4.91 Å². The number of nitrogens with one attached hydrogen (secondary N) is 1. The highest BCUT2D eigenvalue weighted by atomic mass is 32.2. The summed E-state index contributed by atoms with van der Waals surface area (Å²) < 4.78 is 4.82. The molecule has 0 atom stereocenters. The number of carbonyl (C=O) groups excluding carboxylic acids is 1. The molecule has 0 saturated heterocycles. The minimum absolute atomic E-state index is 0.241. The van der Waals surface area contributed by atoms with Crippen LogP contribution in [0.3, 0.4) is 0 Å². The molecule has 0 saturated carbocycles. The molecule has 0 amide bonds. The molecule has 0 aliphatic carbocycles. The van der Waals surface area contributed by atoms with Crippen LogP contribution in [0.1, 0.15) is 13.8 Å². The highest BCUT2D eigenvalue weighted by Gasteiger charge is 2.18. The number of thioether (sulfide) groups is 1. The first-order chi connectivity index (χ1) is 5.25. The van der Waals surface area contributed by atoms with Gasteiger partial charge in [0.15, 0.2) is 0 Å². The van der Waals surface area contributed by atoms with E-state index in [1.54, 1.807) is 18.7 Å². The van der Waals surface area contributed by atoms with Gasteiger partial charge >= 0.3 is 5.97 Å². The minimum atomic E-state index is -0.241. The molecule has 0 radical (unpaired) electrons. The van der Waals surface area contributed by atoms with E-state index in [1.165, 1.54) is 0 Å². The highest BCUT2D eigenvalue weighted by Crippen LogP contribution is 2.23. The summed E-state index contributed by atoms with van der Waals surface area (Å²) in [5.41, 5.74) is 0.622. The van der Waals surface area contributed by atoms with E-state index in [9.17, 15) is 4.79 Å². The van der Waals surface area contributed by atoms with Gasteiger partial charge in [0.2, 0.25) is 0 Å². The SMILES string of the molecule is CCOC(=O)C1=C(C)SCN1. The molecule has 1 N–H and O–H groups in total. The third-order valence-corrected chi connectivity index (χ3v) is 2.30. The van der Waals surface area contributed by atoms with Crippen LogP contribution in [0, 0.1) is 0 Å². The highest BCUT2D eigenvalue weighted by molar-refractivity contribution is 8.03. The molecule has 1 heterocycles. The maximum atomic E-state index is 11.1. The lowest BCUT2D eigenvalue weighted by molar-refractivity contribution is -0.138. The summed E-state index contributed by atoms with van der Waals surface area (Å²) in [4.78, 5) is 12.1. The Balaban J connectivity index is 2.59. The fourth-order valence-corrected chi connectivity index (χ4v) is 1.57. The van der Waals surface area contributed by atoms with Gasteiger partial charge in [-0.25, -0.2) is 4.79 Å². The van der Waals surface area contributed by atoms with Gasteiger partial charge in [0.05, 0.1) is 12.5 Å². The molecule has 0 aromatic heterocycles. The number of hydrogen-bond donors (Lipinski definition) is 1. The van der Waals surface area contributed by atoms with E-state index >= 15 is 0 Å². The van der Waals surface area contributed by atoms with E-state index < -0.39 is 0 Å². The normalized spacial score (nSPS) is 16.5. The van der Waals surface area contributed by atoms with Crippen LogP contribution in [0.2, 0.25) is 0 Å². The standard InChI is InChI=1S/C7H11NO2S/c1-3-10-7(9)6-5(2)11-4-8-6/h8H,3-4H2,1-2H3. The van der Waals surface area contributed by atoms with Crippen LogP contribution in [0.15, 0.2) is 10.6 Å². The third kappa shape index (κ3) is 1.89. The summed E-state index contributed by atoms with van der Waals surface area (Å²) in [5, 5.41) is 2.96. The summed E-state index contributed by atoms with van der Waals surface area (Å²) in [6, 6.07) is 0. The van der Waals surface area contributed by atoms with Crippen LogP contribution < -0.4 is 5.32 Å². The van der Waals surface area contributed by atoms with Crippen molar-refractivity contribution in [1.29, 1.82) is 0 Å². The molecular formula is C7H11NO2S. The number of ether oxygens (including phenoxy) is 1. The molecule has 1 aliphatic heterocycles. The summed E-state index contributed by atoms with van der Waals surface area (Å²) >= 11 is 1.63. The predicted octanol–water partition coefficient (Wildman–Crippen LogP) is 1.07. The van der Waals surface area contributed by atoms with E-state index in [0.717, 1.165) is 10.8 Å². The van der Waals surface area contributed by atoms with Crippen molar-refractivity contribution in [1.82, 2.24) is 5.32 Å². The minimum Gasteiger partial charge on any atom is -0.461 e. The average Bonchev–Trinajstić information content (AvgIpc) is 2.36. The summed E-state index contributed by atoms with van der Waals surface area (Å²) in [7, 11) is 0. The fraction of sp³-hybridized carbons (Fsp3) is 0.571. The monoisotopic (exact) mass is 173 g/mol. The van der Waals surface area contributed by atoms with Crippen LogP contribution in [0.4, 0.5) is 0 Å². The molecule has 11 heavy (non-hydrogen) atoms. The summed E-state index contributed by atoms with van der Waals surface area (Å²) in [6.45, 7) is 4.15. The zero-order chi connectivity index (χ0) is 8.27. The zero-order valence-corrected chi connectivity index (χ0v) is 7.46. The van der Waals surface area contributed by atoms with E-state index in [4.69, 9.17) is 4.74 Å². The van der Waals surface area contributed by atoms with Crippen molar-refractivity contribution in [2.24, 2.45) is 0 Å². The third-order valence-electron chi connectivity index (χ3n) is 1.37. The largest absolute Gasteiger partial charge is 0.461 e. The molecule has 0 aromatic rings. The number of hydrogen-bond acceptors (Lipinski definition) is 4. The van der Waals surface area contributed by atoms with Crippen molar-refractivity contribution in [3.63, 3.8) is 0 Å². The van der Waals surface area contributed by atoms with Crippen molar-refractivity contribution in [2.45, 2.75) is 13.8 Å². The quantitative estimate of drug-likeness (QED) is 0.634. The Kier molecular flexibility index (Phi) is 2.82. The molecule has 1 rings (SSSR count). The van der Waals surface area contributed by atoms with Crippen LogP contribution in [-0.4, -0.2) is 18.5 Å². The second kappa shape index (κ2) is 3.67. The Hall–Kier alpha value is -0.640. The van der Waals surface area contributed by atoms with Crippen molar-refractivity contribution < 1.29 is 9.53 Å². The molecule has 4 heteroatoms. The molecule has 0 spiro atoms. The van der Waals surface area contributed by atoms with Crippen molar-refractivity contribution in [3.05, 3.63) is 10.6 Å². The van der Waals surface area contributed by atoms with E-state index in [1.807, 2.05) is 6.92 Å². The molecule has 0 fully saturated rings. The molecule has 62 valence electrons. The number of rotatable bonds is 2. The van der Waals surface area contributed by atoms with Crippen LogP contribution in [0.5, 0.6) is 0 Å². The first kappa shape index (κ1) is 8.46. The first-order valence-electron chi connectivity index (χ1n) is 3.50. The predicted molar refractivity (Wildman–Crippen MR) is 44.9 cm³/mol. The second-order valence-corrected chi connectivity index (χ2v) is 3.31. The van der Waals surface area contributed by atoms with Gasteiger partial charge in [0.1, 0.15) is 5.70 Å². The number of allylic oxidation sites excluding steroid dienone is 1. The number of carbonyl (C=O) groups is 1. The van der Waals surface area contributed by atoms with Gasteiger partial charge in [-0.2, -0.15) is 0 Å². The van der Waals surface area contributed by atoms with Crippen molar-refractivity contribution >= 4 is 17.7 Å². The lowest BCUT2D eigenvalue weighted by atomic mass is 10.4. The van der Waals surface area contributed by atoms with Crippen LogP contribution in [0.25, 0.3) is 0 Å². The van der Waals surface area contributed by atoms with Gasteiger partial charge in [0.25, 0.3) is 0 Å². The topological polar surface area (TPSA) is 38.3 Å². The molecule has 0 aromatic carbocycles. The maximum Gasteiger partial charge on any atom is 0.355 e.